The lowest BCUT2D eigenvalue weighted by molar-refractivity contribution is -0.915. The van der Waals surface area contributed by atoms with Crippen LogP contribution in [0.4, 0.5) is 5.69 Å². The van der Waals surface area contributed by atoms with Crippen LogP contribution in [0.1, 0.15) is 6.42 Å². The van der Waals surface area contributed by atoms with Crippen molar-refractivity contribution >= 4 is 27.3 Å². The topological polar surface area (TPSA) is 88.0 Å². The molecule has 0 aliphatic carbocycles. The quantitative estimate of drug-likeness (QED) is 0.636. The smallest absolute Gasteiger partial charge is 0.285 e. The minimum Gasteiger partial charge on any atom is -0.360 e. The maximum atomic E-state index is 11.7. The number of imide groups is 1. The van der Waals surface area contributed by atoms with E-state index in [1.54, 1.807) is 12.1 Å². The van der Waals surface area contributed by atoms with E-state index in [4.69, 9.17) is 0 Å². The van der Waals surface area contributed by atoms with E-state index in [1.807, 2.05) is 12.1 Å². The summed E-state index contributed by atoms with van der Waals surface area (Å²) in [6, 6.07) is 6.60. The number of amides is 2. The fourth-order valence-electron chi connectivity index (χ4n) is 3.19. The molecule has 23 heavy (non-hydrogen) atoms. The molecule has 2 amide bonds. The third-order valence-corrected chi connectivity index (χ3v) is 5.63. The number of rotatable bonds is 3. The molecule has 7 nitrogen and oxygen atoms in total. The van der Waals surface area contributed by atoms with Crippen LogP contribution in [-0.4, -0.2) is 58.7 Å². The van der Waals surface area contributed by atoms with Gasteiger partial charge in [0.05, 0.1) is 37.5 Å². The monoisotopic (exact) mass is 338 g/mol. The zero-order valence-corrected chi connectivity index (χ0v) is 13.7. The van der Waals surface area contributed by atoms with Crippen LogP contribution in [0.5, 0.6) is 0 Å². The van der Waals surface area contributed by atoms with Gasteiger partial charge in [-0.05, 0) is 24.3 Å². The lowest BCUT2D eigenvalue weighted by Gasteiger charge is -2.35. The lowest BCUT2D eigenvalue weighted by Crippen LogP contribution is -3.19. The SMILES string of the molecule is CS(=O)(=O)c1ccc(N2CC[NH+]([C@H]3CC(=O)NC3=O)CC2)cc1. The first-order chi connectivity index (χ1) is 10.8. The van der Waals surface area contributed by atoms with E-state index in [1.165, 1.54) is 6.26 Å². The molecule has 2 aliphatic rings. The largest absolute Gasteiger partial charge is 0.360 e. The average molecular weight is 338 g/mol. The maximum absolute atomic E-state index is 11.7. The van der Waals surface area contributed by atoms with Crippen LogP contribution in [0.25, 0.3) is 0 Å². The molecule has 2 aliphatic heterocycles. The number of anilines is 1. The Morgan fingerprint density at radius 3 is 2.22 bits per heavy atom. The number of nitrogens with zero attached hydrogens (tertiary/aromatic N) is 1. The first-order valence-electron chi connectivity index (χ1n) is 7.58. The van der Waals surface area contributed by atoms with Crippen LogP contribution in [0.2, 0.25) is 0 Å². The maximum Gasteiger partial charge on any atom is 0.285 e. The molecule has 0 unspecified atom stereocenters. The minimum atomic E-state index is -3.18. The van der Waals surface area contributed by atoms with Gasteiger partial charge in [0.25, 0.3) is 5.91 Å². The van der Waals surface area contributed by atoms with Crippen molar-refractivity contribution < 1.29 is 22.9 Å². The van der Waals surface area contributed by atoms with Crippen molar-refractivity contribution in [3.8, 4) is 0 Å². The fraction of sp³-hybridized carbons (Fsp3) is 0.467. The van der Waals surface area contributed by atoms with E-state index in [-0.39, 0.29) is 24.3 Å². The molecule has 0 bridgehead atoms. The van der Waals surface area contributed by atoms with Gasteiger partial charge in [-0.15, -0.1) is 0 Å². The highest BCUT2D eigenvalue weighted by Crippen LogP contribution is 2.18. The molecular weight excluding hydrogens is 318 g/mol. The summed E-state index contributed by atoms with van der Waals surface area (Å²) in [5, 5.41) is 2.36. The van der Waals surface area contributed by atoms with Gasteiger partial charge in [-0.2, -0.15) is 0 Å². The summed E-state index contributed by atoms with van der Waals surface area (Å²) in [5.41, 5.74) is 0.975. The highest BCUT2D eigenvalue weighted by atomic mass is 32.2. The first-order valence-corrected chi connectivity index (χ1v) is 9.47. The summed E-state index contributed by atoms with van der Waals surface area (Å²) < 4.78 is 23.0. The highest BCUT2D eigenvalue weighted by molar-refractivity contribution is 7.90. The van der Waals surface area contributed by atoms with E-state index < -0.39 is 9.84 Å². The number of quaternary nitrogens is 1. The van der Waals surface area contributed by atoms with Gasteiger partial charge in [0.1, 0.15) is 0 Å². The standard InChI is InChI=1S/C15H19N3O4S/c1-23(21,22)12-4-2-11(3-5-12)17-6-8-18(9-7-17)13-10-14(19)16-15(13)20/h2-5,13H,6-10H2,1H3,(H,16,19,20)/p+1/t13-/m0/s1. The second kappa shape index (κ2) is 5.93. The second-order valence-corrected chi connectivity index (χ2v) is 8.10. The van der Waals surface area contributed by atoms with E-state index in [0.717, 1.165) is 36.8 Å². The zero-order chi connectivity index (χ0) is 16.6. The Morgan fingerprint density at radius 1 is 1.13 bits per heavy atom. The normalized spacial score (nSPS) is 23.2. The van der Waals surface area contributed by atoms with Gasteiger partial charge < -0.3 is 9.80 Å². The number of hydrogen-bond donors (Lipinski definition) is 2. The summed E-state index contributed by atoms with van der Waals surface area (Å²) >= 11 is 0. The third kappa shape index (κ3) is 3.37. The predicted octanol–water partition coefficient (Wildman–Crippen LogP) is -1.79. The van der Waals surface area contributed by atoms with Gasteiger partial charge in [0.2, 0.25) is 5.91 Å². The molecule has 3 rings (SSSR count). The predicted molar refractivity (Wildman–Crippen MR) is 84.0 cm³/mol. The molecule has 2 saturated heterocycles. The number of nitrogens with one attached hydrogen (secondary N) is 2. The van der Waals surface area contributed by atoms with Crippen LogP contribution in [-0.2, 0) is 19.4 Å². The Morgan fingerprint density at radius 2 is 1.74 bits per heavy atom. The van der Waals surface area contributed by atoms with Gasteiger partial charge in [-0.3, -0.25) is 14.9 Å². The molecule has 1 aromatic rings. The minimum absolute atomic E-state index is 0.170. The molecule has 0 spiro atoms. The zero-order valence-electron chi connectivity index (χ0n) is 12.9. The van der Waals surface area contributed by atoms with E-state index in [2.05, 4.69) is 10.2 Å². The molecular formula is C15H20N3O4S+. The van der Waals surface area contributed by atoms with Crippen LogP contribution in [0, 0.1) is 0 Å². The number of hydrogen-bond acceptors (Lipinski definition) is 5. The molecule has 2 heterocycles. The van der Waals surface area contributed by atoms with Crippen LogP contribution >= 0.6 is 0 Å². The van der Waals surface area contributed by atoms with Gasteiger partial charge in [0, 0.05) is 11.9 Å². The van der Waals surface area contributed by atoms with Crippen LogP contribution in [0.3, 0.4) is 0 Å². The molecule has 1 aromatic carbocycles. The fourth-order valence-corrected chi connectivity index (χ4v) is 3.82. The molecule has 2 fully saturated rings. The Hall–Kier alpha value is -1.93. The molecule has 1 atom stereocenters. The van der Waals surface area contributed by atoms with Crippen molar-refractivity contribution in [1.82, 2.24) is 5.32 Å². The number of carbonyl (C=O) groups excluding carboxylic acids is 2. The molecule has 2 N–H and O–H groups in total. The van der Waals surface area contributed by atoms with Gasteiger partial charge in [-0.1, -0.05) is 0 Å². The number of piperazine rings is 1. The molecule has 0 saturated carbocycles. The van der Waals surface area contributed by atoms with Crippen molar-refractivity contribution in [2.24, 2.45) is 0 Å². The summed E-state index contributed by atoms with van der Waals surface area (Å²) in [6.45, 7) is 3.09. The average Bonchev–Trinajstić information content (AvgIpc) is 2.85. The van der Waals surface area contributed by atoms with Crippen LogP contribution < -0.4 is 15.1 Å². The van der Waals surface area contributed by atoms with Crippen molar-refractivity contribution in [2.45, 2.75) is 17.4 Å². The summed E-state index contributed by atoms with van der Waals surface area (Å²) in [4.78, 5) is 26.7. The summed E-state index contributed by atoms with van der Waals surface area (Å²) in [5.74, 6) is -0.359. The molecule has 8 heteroatoms. The number of benzene rings is 1. The Labute approximate surface area is 135 Å². The molecule has 0 aromatic heterocycles. The highest BCUT2D eigenvalue weighted by Gasteiger charge is 2.40. The van der Waals surface area contributed by atoms with Gasteiger partial charge >= 0.3 is 0 Å². The molecule has 124 valence electrons. The Bertz CT molecular complexity index is 722. The van der Waals surface area contributed by atoms with Crippen LogP contribution in [0.15, 0.2) is 29.2 Å². The lowest BCUT2D eigenvalue weighted by atomic mass is 10.1. The number of sulfone groups is 1. The van der Waals surface area contributed by atoms with Crippen molar-refractivity contribution in [3.63, 3.8) is 0 Å². The van der Waals surface area contributed by atoms with Crippen molar-refractivity contribution in [2.75, 3.05) is 37.3 Å². The number of carbonyl (C=O) groups is 2. The first kappa shape index (κ1) is 15.9. The summed E-state index contributed by atoms with van der Waals surface area (Å²) in [6.07, 6.45) is 1.47. The van der Waals surface area contributed by atoms with E-state index in [9.17, 15) is 18.0 Å². The second-order valence-electron chi connectivity index (χ2n) is 6.08. The van der Waals surface area contributed by atoms with Crippen molar-refractivity contribution in [1.29, 1.82) is 0 Å². The Balaban J connectivity index is 1.63. The Kier molecular flexibility index (Phi) is 4.11. The van der Waals surface area contributed by atoms with Gasteiger partial charge in [-0.25, -0.2) is 8.42 Å². The van der Waals surface area contributed by atoms with E-state index in [0.29, 0.717) is 4.90 Å². The third-order valence-electron chi connectivity index (χ3n) is 4.50. The van der Waals surface area contributed by atoms with Crippen molar-refractivity contribution in [3.05, 3.63) is 24.3 Å². The summed E-state index contributed by atoms with van der Waals surface area (Å²) in [7, 11) is -3.18. The van der Waals surface area contributed by atoms with E-state index >= 15 is 0 Å². The van der Waals surface area contributed by atoms with Gasteiger partial charge in [0.15, 0.2) is 15.9 Å². The molecule has 0 radical (unpaired) electrons.